The zero-order valence-electron chi connectivity index (χ0n) is 7.50. The van der Waals surface area contributed by atoms with Gasteiger partial charge in [-0.1, -0.05) is 19.1 Å². The van der Waals surface area contributed by atoms with Crippen molar-refractivity contribution in [1.29, 1.82) is 0 Å². The number of para-hydroxylation sites is 1. The lowest BCUT2D eigenvalue weighted by Gasteiger charge is -2.01. The maximum Gasteiger partial charge on any atom is 0.189 e. The molecule has 66 valence electrons. The number of H-pyrrole nitrogens is 1. The first kappa shape index (κ1) is 8.05. The summed E-state index contributed by atoms with van der Waals surface area (Å²) in [4.78, 5) is 14.5. The van der Waals surface area contributed by atoms with Crippen molar-refractivity contribution in [3.63, 3.8) is 0 Å². The number of aryl methyl sites for hydroxylation is 1. The Morgan fingerprint density at radius 2 is 2.15 bits per heavy atom. The molecule has 1 heterocycles. The van der Waals surface area contributed by atoms with E-state index in [0.717, 1.165) is 17.3 Å². The van der Waals surface area contributed by atoms with Gasteiger partial charge in [0.25, 0.3) is 0 Å². The minimum Gasteiger partial charge on any atom is -0.361 e. The minimum absolute atomic E-state index is 0.0871. The standard InChI is InChI=1S/C11H11NO/c1-2-8-4-3-5-9-10(13)6-7-12-11(8)9/h3-7H,2H2,1H3,(H,12,13). The van der Waals surface area contributed by atoms with Crippen molar-refractivity contribution in [1.82, 2.24) is 4.98 Å². The first-order valence-corrected chi connectivity index (χ1v) is 4.42. The van der Waals surface area contributed by atoms with Gasteiger partial charge in [-0.05, 0) is 18.1 Å². The van der Waals surface area contributed by atoms with Crippen LogP contribution in [0, 0.1) is 0 Å². The number of fused-ring (bicyclic) bond motifs is 1. The average molecular weight is 173 g/mol. The fourth-order valence-electron chi connectivity index (χ4n) is 1.56. The van der Waals surface area contributed by atoms with E-state index in [-0.39, 0.29) is 5.43 Å². The SMILES string of the molecule is CCc1cccc2c(=O)cc[nH]c12. The molecule has 0 aliphatic rings. The number of hydrogen-bond donors (Lipinski definition) is 1. The van der Waals surface area contributed by atoms with Crippen molar-refractivity contribution in [3.8, 4) is 0 Å². The Morgan fingerprint density at radius 3 is 2.92 bits per heavy atom. The molecule has 0 spiro atoms. The molecule has 0 bridgehead atoms. The lowest BCUT2D eigenvalue weighted by molar-refractivity contribution is 1.14. The van der Waals surface area contributed by atoms with E-state index in [2.05, 4.69) is 11.9 Å². The molecule has 13 heavy (non-hydrogen) atoms. The van der Waals surface area contributed by atoms with Crippen molar-refractivity contribution in [3.05, 3.63) is 46.2 Å². The molecule has 0 aliphatic carbocycles. The molecule has 1 N–H and O–H groups in total. The molecule has 0 saturated heterocycles. The Morgan fingerprint density at radius 1 is 1.31 bits per heavy atom. The van der Waals surface area contributed by atoms with Crippen LogP contribution in [-0.4, -0.2) is 4.98 Å². The topological polar surface area (TPSA) is 32.9 Å². The van der Waals surface area contributed by atoms with Crippen molar-refractivity contribution in [2.75, 3.05) is 0 Å². The van der Waals surface area contributed by atoms with Crippen LogP contribution in [0.2, 0.25) is 0 Å². The largest absolute Gasteiger partial charge is 0.361 e. The van der Waals surface area contributed by atoms with Gasteiger partial charge in [-0.2, -0.15) is 0 Å². The number of rotatable bonds is 1. The van der Waals surface area contributed by atoms with Gasteiger partial charge in [0, 0.05) is 17.6 Å². The van der Waals surface area contributed by atoms with Gasteiger partial charge in [-0.15, -0.1) is 0 Å². The molecule has 1 aromatic carbocycles. The third-order valence-corrected chi connectivity index (χ3v) is 2.26. The van der Waals surface area contributed by atoms with E-state index in [1.165, 1.54) is 5.56 Å². The molecule has 1 aromatic heterocycles. The zero-order valence-corrected chi connectivity index (χ0v) is 7.50. The second-order valence-electron chi connectivity index (χ2n) is 3.04. The molecule has 2 aromatic rings. The zero-order chi connectivity index (χ0) is 9.26. The predicted molar refractivity (Wildman–Crippen MR) is 53.9 cm³/mol. The monoisotopic (exact) mass is 173 g/mol. The Balaban J connectivity index is 2.92. The molecule has 0 saturated carbocycles. The number of aromatic amines is 1. The fourth-order valence-corrected chi connectivity index (χ4v) is 1.56. The summed E-state index contributed by atoms with van der Waals surface area (Å²) >= 11 is 0. The quantitative estimate of drug-likeness (QED) is 0.703. The van der Waals surface area contributed by atoms with E-state index < -0.39 is 0 Å². The Labute approximate surface area is 76.2 Å². The van der Waals surface area contributed by atoms with E-state index in [1.54, 1.807) is 12.3 Å². The molecular weight excluding hydrogens is 162 g/mol. The van der Waals surface area contributed by atoms with Crippen LogP contribution in [-0.2, 0) is 6.42 Å². The lowest BCUT2D eigenvalue weighted by atomic mass is 10.1. The molecule has 2 rings (SSSR count). The maximum absolute atomic E-state index is 11.4. The normalized spacial score (nSPS) is 10.5. The number of pyridine rings is 1. The second kappa shape index (κ2) is 3.05. The van der Waals surface area contributed by atoms with Gasteiger partial charge in [-0.3, -0.25) is 4.79 Å². The highest BCUT2D eigenvalue weighted by Gasteiger charge is 2.00. The first-order chi connectivity index (χ1) is 6.33. The van der Waals surface area contributed by atoms with Crippen molar-refractivity contribution < 1.29 is 0 Å². The summed E-state index contributed by atoms with van der Waals surface area (Å²) in [5, 5.41) is 0.779. The molecule has 0 fully saturated rings. The molecule has 0 atom stereocenters. The van der Waals surface area contributed by atoms with Crippen LogP contribution >= 0.6 is 0 Å². The predicted octanol–water partition coefficient (Wildman–Crippen LogP) is 2.09. The molecule has 0 aliphatic heterocycles. The highest BCUT2D eigenvalue weighted by atomic mass is 16.1. The summed E-state index contributed by atoms with van der Waals surface area (Å²) < 4.78 is 0. The van der Waals surface area contributed by atoms with Crippen molar-refractivity contribution in [2.24, 2.45) is 0 Å². The number of nitrogens with one attached hydrogen (secondary N) is 1. The van der Waals surface area contributed by atoms with Crippen LogP contribution in [0.25, 0.3) is 10.9 Å². The Hall–Kier alpha value is -1.57. The summed E-state index contributed by atoms with van der Waals surface area (Å²) in [7, 11) is 0. The van der Waals surface area contributed by atoms with E-state index in [4.69, 9.17) is 0 Å². The summed E-state index contributed by atoms with van der Waals surface area (Å²) in [6, 6.07) is 7.38. The lowest BCUT2D eigenvalue weighted by Crippen LogP contribution is -2.01. The van der Waals surface area contributed by atoms with Gasteiger partial charge in [0.1, 0.15) is 0 Å². The van der Waals surface area contributed by atoms with Crippen LogP contribution in [0.15, 0.2) is 35.3 Å². The van der Waals surface area contributed by atoms with Gasteiger partial charge in [-0.25, -0.2) is 0 Å². The molecule has 2 nitrogen and oxygen atoms in total. The van der Waals surface area contributed by atoms with Crippen LogP contribution in [0.5, 0.6) is 0 Å². The van der Waals surface area contributed by atoms with Crippen LogP contribution in [0.1, 0.15) is 12.5 Å². The molecule has 2 heteroatoms. The third kappa shape index (κ3) is 1.24. The van der Waals surface area contributed by atoms with Crippen molar-refractivity contribution in [2.45, 2.75) is 13.3 Å². The smallest absolute Gasteiger partial charge is 0.189 e. The number of benzene rings is 1. The third-order valence-electron chi connectivity index (χ3n) is 2.26. The first-order valence-electron chi connectivity index (χ1n) is 4.42. The summed E-state index contributed by atoms with van der Waals surface area (Å²) in [5.41, 5.74) is 2.25. The number of hydrogen-bond acceptors (Lipinski definition) is 1. The Kier molecular flexibility index (Phi) is 1.89. The highest BCUT2D eigenvalue weighted by molar-refractivity contribution is 5.81. The Bertz CT molecular complexity index is 485. The summed E-state index contributed by atoms with van der Waals surface area (Å²) in [5.74, 6) is 0. The average Bonchev–Trinajstić information content (AvgIpc) is 2.18. The van der Waals surface area contributed by atoms with Gasteiger partial charge >= 0.3 is 0 Å². The van der Waals surface area contributed by atoms with E-state index in [9.17, 15) is 4.79 Å². The molecule has 0 unspecified atom stereocenters. The van der Waals surface area contributed by atoms with Gasteiger partial charge in [0.05, 0.1) is 5.52 Å². The molecular formula is C11H11NO. The molecule has 0 radical (unpaired) electrons. The van der Waals surface area contributed by atoms with E-state index >= 15 is 0 Å². The molecule has 0 amide bonds. The second-order valence-corrected chi connectivity index (χ2v) is 3.04. The van der Waals surface area contributed by atoms with Crippen LogP contribution in [0.4, 0.5) is 0 Å². The van der Waals surface area contributed by atoms with E-state index in [1.807, 2.05) is 18.2 Å². The van der Waals surface area contributed by atoms with Gasteiger partial charge in [0.2, 0.25) is 0 Å². The van der Waals surface area contributed by atoms with Gasteiger partial charge in [0.15, 0.2) is 5.43 Å². The maximum atomic E-state index is 11.4. The number of aromatic nitrogens is 1. The summed E-state index contributed by atoms with van der Waals surface area (Å²) in [6.45, 7) is 2.08. The fraction of sp³-hybridized carbons (Fsp3) is 0.182. The van der Waals surface area contributed by atoms with Crippen molar-refractivity contribution >= 4 is 10.9 Å². The van der Waals surface area contributed by atoms with Crippen LogP contribution < -0.4 is 5.43 Å². The highest BCUT2D eigenvalue weighted by Crippen LogP contribution is 2.12. The van der Waals surface area contributed by atoms with Gasteiger partial charge < -0.3 is 4.98 Å². The minimum atomic E-state index is 0.0871. The summed E-state index contributed by atoms with van der Waals surface area (Å²) in [6.07, 6.45) is 2.64. The van der Waals surface area contributed by atoms with Crippen LogP contribution in [0.3, 0.4) is 0 Å². The van der Waals surface area contributed by atoms with E-state index in [0.29, 0.717) is 0 Å².